The highest BCUT2D eigenvalue weighted by Crippen LogP contribution is 2.33. The monoisotopic (exact) mass is 250 g/mol. The lowest BCUT2D eigenvalue weighted by Crippen LogP contribution is -2.43. The maximum Gasteiger partial charge on any atom is 0.142 e. The Morgan fingerprint density at radius 1 is 1.33 bits per heavy atom. The van der Waals surface area contributed by atoms with Crippen molar-refractivity contribution >= 4 is 5.69 Å². The number of rotatable bonds is 1. The summed E-state index contributed by atoms with van der Waals surface area (Å²) < 4.78 is 18.9. The van der Waals surface area contributed by atoms with Gasteiger partial charge in [0.1, 0.15) is 18.2 Å². The first kappa shape index (κ1) is 11.8. The highest BCUT2D eigenvalue weighted by molar-refractivity contribution is 5.58. The van der Waals surface area contributed by atoms with Crippen molar-refractivity contribution < 1.29 is 9.13 Å². The molecule has 1 aromatic carbocycles. The Bertz CT molecular complexity index is 430. The van der Waals surface area contributed by atoms with Gasteiger partial charge in [-0.3, -0.25) is 0 Å². The van der Waals surface area contributed by atoms with E-state index >= 15 is 0 Å². The second-order valence-electron chi connectivity index (χ2n) is 5.34. The molecule has 2 aliphatic rings. The van der Waals surface area contributed by atoms with Gasteiger partial charge in [-0.1, -0.05) is 0 Å². The summed E-state index contributed by atoms with van der Waals surface area (Å²) in [6.45, 7) is 2.96. The predicted octanol–water partition coefficient (Wildman–Crippen LogP) is 2.34. The highest BCUT2D eigenvalue weighted by atomic mass is 19.1. The number of halogens is 1. The van der Waals surface area contributed by atoms with E-state index in [1.54, 1.807) is 6.07 Å². The maximum absolute atomic E-state index is 13.2. The average Bonchev–Trinajstić information content (AvgIpc) is 2.38. The van der Waals surface area contributed by atoms with Gasteiger partial charge in [0, 0.05) is 6.07 Å². The smallest absolute Gasteiger partial charge is 0.142 e. The Morgan fingerprint density at radius 2 is 2.11 bits per heavy atom. The van der Waals surface area contributed by atoms with E-state index in [-0.39, 0.29) is 5.82 Å². The van der Waals surface area contributed by atoms with Gasteiger partial charge < -0.3 is 15.0 Å². The molecule has 2 heterocycles. The zero-order valence-corrected chi connectivity index (χ0v) is 10.7. The average molecular weight is 250 g/mol. The molecule has 3 nitrogen and oxygen atoms in total. The standard InChI is InChI=1S/C14H19FN2O/c1-17-6-4-10(5-7-17)13-9-18-14-3-2-11(15)8-12(14)16-13/h2-3,8,10,13,16H,4-7,9H2,1H3. The van der Waals surface area contributed by atoms with Gasteiger partial charge in [-0.25, -0.2) is 4.39 Å². The predicted molar refractivity (Wildman–Crippen MR) is 69.5 cm³/mol. The van der Waals surface area contributed by atoms with Crippen molar-refractivity contribution in [2.75, 3.05) is 32.1 Å². The number of hydrogen-bond donors (Lipinski definition) is 1. The van der Waals surface area contributed by atoms with Crippen LogP contribution in [-0.2, 0) is 0 Å². The van der Waals surface area contributed by atoms with Gasteiger partial charge in [0.25, 0.3) is 0 Å². The maximum atomic E-state index is 13.2. The molecule has 0 radical (unpaired) electrons. The molecule has 1 atom stereocenters. The molecule has 0 saturated carbocycles. The number of likely N-dealkylation sites (tertiary alicyclic amines) is 1. The SMILES string of the molecule is CN1CCC(C2COc3ccc(F)cc3N2)CC1. The normalized spacial score (nSPS) is 25.1. The zero-order valence-electron chi connectivity index (χ0n) is 10.7. The van der Waals surface area contributed by atoms with E-state index in [0.29, 0.717) is 18.6 Å². The van der Waals surface area contributed by atoms with Gasteiger partial charge in [-0.05, 0) is 51.0 Å². The van der Waals surface area contributed by atoms with Crippen molar-refractivity contribution in [1.82, 2.24) is 4.90 Å². The van der Waals surface area contributed by atoms with Crippen LogP contribution in [0.25, 0.3) is 0 Å². The molecule has 1 unspecified atom stereocenters. The van der Waals surface area contributed by atoms with E-state index < -0.39 is 0 Å². The molecule has 0 spiro atoms. The van der Waals surface area contributed by atoms with E-state index in [1.165, 1.54) is 25.0 Å². The summed E-state index contributed by atoms with van der Waals surface area (Å²) in [5, 5.41) is 3.44. The molecule has 0 aliphatic carbocycles. The highest BCUT2D eigenvalue weighted by Gasteiger charge is 2.29. The number of nitrogens with zero attached hydrogens (tertiary/aromatic N) is 1. The fourth-order valence-electron chi connectivity index (χ4n) is 2.85. The van der Waals surface area contributed by atoms with Crippen molar-refractivity contribution in [3.05, 3.63) is 24.0 Å². The van der Waals surface area contributed by atoms with E-state index in [2.05, 4.69) is 17.3 Å². The third-order valence-electron chi connectivity index (χ3n) is 4.03. The molecule has 0 bridgehead atoms. The number of anilines is 1. The number of piperidine rings is 1. The lowest BCUT2D eigenvalue weighted by molar-refractivity contribution is 0.168. The van der Waals surface area contributed by atoms with Crippen LogP contribution in [0.2, 0.25) is 0 Å². The molecule has 1 saturated heterocycles. The van der Waals surface area contributed by atoms with Gasteiger partial charge in [0.2, 0.25) is 0 Å². The fraction of sp³-hybridized carbons (Fsp3) is 0.571. The second kappa shape index (κ2) is 4.76. The van der Waals surface area contributed by atoms with Crippen molar-refractivity contribution in [2.24, 2.45) is 5.92 Å². The Hall–Kier alpha value is -1.29. The number of ether oxygens (including phenoxy) is 1. The minimum Gasteiger partial charge on any atom is -0.489 e. The number of hydrogen-bond acceptors (Lipinski definition) is 3. The van der Waals surface area contributed by atoms with Crippen LogP contribution in [0.15, 0.2) is 18.2 Å². The number of fused-ring (bicyclic) bond motifs is 1. The number of nitrogens with one attached hydrogen (secondary N) is 1. The summed E-state index contributed by atoms with van der Waals surface area (Å²) in [6, 6.07) is 4.98. The van der Waals surface area contributed by atoms with E-state index in [9.17, 15) is 4.39 Å². The zero-order chi connectivity index (χ0) is 12.5. The van der Waals surface area contributed by atoms with Gasteiger partial charge in [0.05, 0.1) is 11.7 Å². The number of benzene rings is 1. The second-order valence-corrected chi connectivity index (χ2v) is 5.34. The molecule has 0 aromatic heterocycles. The molecule has 1 N–H and O–H groups in total. The first-order chi connectivity index (χ1) is 8.72. The van der Waals surface area contributed by atoms with Gasteiger partial charge in [-0.2, -0.15) is 0 Å². The van der Waals surface area contributed by atoms with Crippen LogP contribution in [0, 0.1) is 11.7 Å². The summed E-state index contributed by atoms with van der Waals surface area (Å²) in [7, 11) is 2.16. The summed E-state index contributed by atoms with van der Waals surface area (Å²) >= 11 is 0. The summed E-state index contributed by atoms with van der Waals surface area (Å²) in [4.78, 5) is 2.35. The summed E-state index contributed by atoms with van der Waals surface area (Å²) in [6.07, 6.45) is 2.37. The molecule has 3 rings (SSSR count). The van der Waals surface area contributed by atoms with Gasteiger partial charge >= 0.3 is 0 Å². The van der Waals surface area contributed by atoms with Crippen LogP contribution < -0.4 is 10.1 Å². The minimum absolute atomic E-state index is 0.214. The van der Waals surface area contributed by atoms with E-state index in [4.69, 9.17) is 4.74 Å². The third-order valence-corrected chi connectivity index (χ3v) is 4.03. The Morgan fingerprint density at radius 3 is 2.89 bits per heavy atom. The summed E-state index contributed by atoms with van der Waals surface area (Å²) in [5.74, 6) is 1.17. The lowest BCUT2D eigenvalue weighted by Gasteiger charge is -2.37. The molecule has 98 valence electrons. The molecule has 18 heavy (non-hydrogen) atoms. The lowest BCUT2D eigenvalue weighted by atomic mass is 9.89. The molecule has 2 aliphatic heterocycles. The third kappa shape index (κ3) is 2.29. The van der Waals surface area contributed by atoms with Crippen LogP contribution in [-0.4, -0.2) is 37.7 Å². The van der Waals surface area contributed by atoms with Crippen molar-refractivity contribution in [2.45, 2.75) is 18.9 Å². The minimum atomic E-state index is -0.214. The summed E-state index contributed by atoms with van der Waals surface area (Å²) in [5.41, 5.74) is 0.796. The van der Waals surface area contributed by atoms with Gasteiger partial charge in [0.15, 0.2) is 0 Å². The first-order valence-electron chi connectivity index (χ1n) is 6.60. The van der Waals surface area contributed by atoms with Crippen LogP contribution in [0.5, 0.6) is 5.75 Å². The van der Waals surface area contributed by atoms with Crippen molar-refractivity contribution in [3.8, 4) is 5.75 Å². The Balaban J connectivity index is 1.70. The van der Waals surface area contributed by atoms with Gasteiger partial charge in [-0.15, -0.1) is 0 Å². The van der Waals surface area contributed by atoms with Crippen LogP contribution in [0.4, 0.5) is 10.1 Å². The molecule has 0 amide bonds. The Kier molecular flexibility index (Phi) is 3.12. The van der Waals surface area contributed by atoms with Crippen molar-refractivity contribution in [1.29, 1.82) is 0 Å². The van der Waals surface area contributed by atoms with E-state index in [0.717, 1.165) is 24.5 Å². The van der Waals surface area contributed by atoms with Crippen LogP contribution in [0.3, 0.4) is 0 Å². The quantitative estimate of drug-likeness (QED) is 0.828. The first-order valence-corrected chi connectivity index (χ1v) is 6.60. The molecule has 4 heteroatoms. The molecular weight excluding hydrogens is 231 g/mol. The molecular formula is C14H19FN2O. The fourth-order valence-corrected chi connectivity index (χ4v) is 2.85. The topological polar surface area (TPSA) is 24.5 Å². The molecule has 1 aromatic rings. The van der Waals surface area contributed by atoms with Crippen molar-refractivity contribution in [3.63, 3.8) is 0 Å². The largest absolute Gasteiger partial charge is 0.489 e. The van der Waals surface area contributed by atoms with Crippen LogP contribution >= 0.6 is 0 Å². The van der Waals surface area contributed by atoms with E-state index in [1.807, 2.05) is 0 Å². The molecule has 1 fully saturated rings. The van der Waals surface area contributed by atoms with Crippen LogP contribution in [0.1, 0.15) is 12.8 Å². The Labute approximate surface area is 107 Å².